The highest BCUT2D eigenvalue weighted by Crippen LogP contribution is 2.30. The van der Waals surface area contributed by atoms with Crippen LogP contribution in [0.3, 0.4) is 0 Å². The van der Waals surface area contributed by atoms with E-state index in [2.05, 4.69) is 50.6 Å². The first-order valence-corrected chi connectivity index (χ1v) is 7.74. The zero-order valence-corrected chi connectivity index (χ0v) is 12.7. The minimum atomic E-state index is 0.422. The van der Waals surface area contributed by atoms with Crippen molar-refractivity contribution in [2.45, 2.75) is 19.4 Å². The van der Waals surface area contributed by atoms with Crippen LogP contribution in [-0.2, 0) is 0 Å². The molecular formula is C13H20N6S. The standard InChI is InChI=1S/C13H20N6S/c1-9-8-18(2)5-3-6-19(9)11-10-4-7-20-12(10)16-13(15-11)17-14/h4,7,9H,3,5-6,8,14H2,1-2H3,(H,15,16,17). The third-order valence-electron chi connectivity index (χ3n) is 3.75. The van der Waals surface area contributed by atoms with Crippen LogP contribution in [0.5, 0.6) is 0 Å². The molecule has 2 aromatic heterocycles. The maximum atomic E-state index is 5.50. The van der Waals surface area contributed by atoms with E-state index in [4.69, 9.17) is 5.84 Å². The van der Waals surface area contributed by atoms with Crippen LogP contribution < -0.4 is 16.2 Å². The average Bonchev–Trinajstić information content (AvgIpc) is 2.84. The highest BCUT2D eigenvalue weighted by Gasteiger charge is 2.23. The summed E-state index contributed by atoms with van der Waals surface area (Å²) in [5.41, 5.74) is 2.57. The Hall–Kier alpha value is -1.44. The van der Waals surface area contributed by atoms with Gasteiger partial charge in [0.05, 0.1) is 5.39 Å². The summed E-state index contributed by atoms with van der Waals surface area (Å²) in [6.45, 7) is 5.43. The molecule has 6 nitrogen and oxygen atoms in total. The van der Waals surface area contributed by atoms with Crippen molar-refractivity contribution in [2.24, 2.45) is 5.84 Å². The molecule has 1 atom stereocenters. The fourth-order valence-corrected chi connectivity index (χ4v) is 3.57. The Balaban J connectivity index is 2.05. The fourth-order valence-electron chi connectivity index (χ4n) is 2.81. The van der Waals surface area contributed by atoms with Gasteiger partial charge in [0, 0.05) is 19.1 Å². The first kappa shape index (κ1) is 13.5. The first-order valence-electron chi connectivity index (χ1n) is 6.86. The number of hydrogen-bond acceptors (Lipinski definition) is 7. The number of aromatic nitrogens is 2. The van der Waals surface area contributed by atoms with Crippen molar-refractivity contribution in [1.29, 1.82) is 0 Å². The molecule has 0 aromatic carbocycles. The lowest BCUT2D eigenvalue weighted by Crippen LogP contribution is -2.38. The number of nitrogens with two attached hydrogens (primary N) is 1. The molecule has 1 saturated heterocycles. The lowest BCUT2D eigenvalue weighted by Gasteiger charge is -2.29. The Morgan fingerprint density at radius 1 is 1.40 bits per heavy atom. The predicted octanol–water partition coefficient (Wildman–Crippen LogP) is 1.51. The normalized spacial score (nSPS) is 21.1. The Morgan fingerprint density at radius 3 is 3.05 bits per heavy atom. The number of hydrogen-bond donors (Lipinski definition) is 2. The van der Waals surface area contributed by atoms with Gasteiger partial charge in [-0.3, -0.25) is 5.43 Å². The van der Waals surface area contributed by atoms with E-state index in [-0.39, 0.29) is 0 Å². The fraction of sp³-hybridized carbons (Fsp3) is 0.538. The summed E-state index contributed by atoms with van der Waals surface area (Å²) in [6, 6.07) is 2.52. The van der Waals surface area contributed by atoms with E-state index in [1.54, 1.807) is 11.3 Å². The van der Waals surface area contributed by atoms with Crippen LogP contribution in [0.25, 0.3) is 10.2 Å². The second-order valence-corrected chi connectivity index (χ2v) is 6.21. The number of likely N-dealkylation sites (N-methyl/N-ethyl adjacent to an activating group) is 1. The second-order valence-electron chi connectivity index (χ2n) is 5.31. The van der Waals surface area contributed by atoms with Gasteiger partial charge in [-0.15, -0.1) is 11.3 Å². The lowest BCUT2D eigenvalue weighted by atomic mass is 10.2. The van der Waals surface area contributed by atoms with Gasteiger partial charge in [0.25, 0.3) is 0 Å². The van der Waals surface area contributed by atoms with Crippen molar-refractivity contribution in [2.75, 3.05) is 37.0 Å². The van der Waals surface area contributed by atoms with Gasteiger partial charge in [-0.25, -0.2) is 10.8 Å². The van der Waals surface area contributed by atoms with Gasteiger partial charge in [0.1, 0.15) is 10.6 Å². The average molecular weight is 292 g/mol. The highest BCUT2D eigenvalue weighted by molar-refractivity contribution is 7.16. The van der Waals surface area contributed by atoms with Crippen molar-refractivity contribution in [3.8, 4) is 0 Å². The molecule has 7 heteroatoms. The zero-order valence-electron chi connectivity index (χ0n) is 11.8. The molecule has 1 aliphatic heterocycles. The number of rotatable bonds is 2. The minimum Gasteiger partial charge on any atom is -0.352 e. The molecule has 0 aliphatic carbocycles. The van der Waals surface area contributed by atoms with Crippen LogP contribution in [0.4, 0.5) is 11.8 Å². The number of fused-ring (bicyclic) bond motifs is 1. The van der Waals surface area contributed by atoms with E-state index in [0.717, 1.165) is 42.1 Å². The summed E-state index contributed by atoms with van der Waals surface area (Å²) in [5, 5.41) is 3.17. The van der Waals surface area contributed by atoms with Crippen LogP contribution in [0.1, 0.15) is 13.3 Å². The van der Waals surface area contributed by atoms with Gasteiger partial charge in [0.2, 0.25) is 5.95 Å². The van der Waals surface area contributed by atoms with Crippen molar-refractivity contribution in [3.05, 3.63) is 11.4 Å². The largest absolute Gasteiger partial charge is 0.352 e. The van der Waals surface area contributed by atoms with Crippen LogP contribution in [-0.4, -0.2) is 47.6 Å². The quantitative estimate of drug-likeness (QED) is 0.646. The SMILES string of the molecule is CC1CN(C)CCCN1c1nc(NN)nc2sccc12. The number of anilines is 2. The molecule has 1 fully saturated rings. The predicted molar refractivity (Wildman–Crippen MR) is 84.1 cm³/mol. The number of thiophene rings is 1. The zero-order chi connectivity index (χ0) is 14.1. The Bertz CT molecular complexity index is 598. The van der Waals surface area contributed by atoms with Gasteiger partial charge in [-0.2, -0.15) is 4.98 Å². The van der Waals surface area contributed by atoms with Gasteiger partial charge < -0.3 is 9.80 Å². The van der Waals surface area contributed by atoms with Gasteiger partial charge in [-0.1, -0.05) is 0 Å². The lowest BCUT2D eigenvalue weighted by molar-refractivity contribution is 0.337. The maximum absolute atomic E-state index is 5.50. The third kappa shape index (κ3) is 2.44. The number of nitrogens with zero attached hydrogens (tertiary/aromatic N) is 4. The molecule has 2 aromatic rings. The van der Waals surface area contributed by atoms with Crippen LogP contribution in [0, 0.1) is 0 Å². The van der Waals surface area contributed by atoms with Crippen molar-refractivity contribution >= 4 is 33.3 Å². The highest BCUT2D eigenvalue weighted by atomic mass is 32.1. The van der Waals surface area contributed by atoms with Crippen molar-refractivity contribution in [3.63, 3.8) is 0 Å². The van der Waals surface area contributed by atoms with Crippen LogP contribution in [0.2, 0.25) is 0 Å². The Labute approximate surface area is 122 Å². The van der Waals surface area contributed by atoms with E-state index in [0.29, 0.717) is 12.0 Å². The molecule has 3 heterocycles. The van der Waals surface area contributed by atoms with Gasteiger partial charge >= 0.3 is 0 Å². The van der Waals surface area contributed by atoms with Crippen molar-refractivity contribution < 1.29 is 0 Å². The molecule has 20 heavy (non-hydrogen) atoms. The molecule has 0 amide bonds. The van der Waals surface area contributed by atoms with E-state index >= 15 is 0 Å². The molecule has 1 unspecified atom stereocenters. The molecule has 3 N–H and O–H groups in total. The molecule has 0 spiro atoms. The van der Waals surface area contributed by atoms with E-state index < -0.39 is 0 Å². The number of hydrazine groups is 1. The minimum absolute atomic E-state index is 0.422. The Morgan fingerprint density at radius 2 is 2.25 bits per heavy atom. The van der Waals surface area contributed by atoms with Crippen LogP contribution >= 0.6 is 11.3 Å². The third-order valence-corrected chi connectivity index (χ3v) is 4.56. The summed E-state index contributed by atoms with van der Waals surface area (Å²) in [5.74, 6) is 6.98. The van der Waals surface area contributed by atoms with E-state index in [1.165, 1.54) is 0 Å². The summed E-state index contributed by atoms with van der Waals surface area (Å²) in [7, 11) is 2.17. The van der Waals surface area contributed by atoms with E-state index in [1.807, 2.05) is 0 Å². The van der Waals surface area contributed by atoms with Gasteiger partial charge in [0.15, 0.2) is 0 Å². The molecule has 108 valence electrons. The molecular weight excluding hydrogens is 272 g/mol. The second kappa shape index (κ2) is 5.51. The maximum Gasteiger partial charge on any atom is 0.240 e. The Kier molecular flexibility index (Phi) is 3.73. The number of nitrogens with one attached hydrogen (secondary N) is 1. The molecule has 1 aliphatic rings. The van der Waals surface area contributed by atoms with Crippen molar-refractivity contribution in [1.82, 2.24) is 14.9 Å². The first-order chi connectivity index (χ1) is 9.69. The summed E-state index contributed by atoms with van der Waals surface area (Å²) in [4.78, 5) is 14.7. The molecule has 0 saturated carbocycles. The number of nitrogen functional groups attached to an aromatic ring is 1. The van der Waals surface area contributed by atoms with Crippen LogP contribution in [0.15, 0.2) is 11.4 Å². The summed E-state index contributed by atoms with van der Waals surface area (Å²) < 4.78 is 0. The monoisotopic (exact) mass is 292 g/mol. The smallest absolute Gasteiger partial charge is 0.240 e. The molecule has 3 rings (SSSR count). The topological polar surface area (TPSA) is 70.3 Å². The summed E-state index contributed by atoms with van der Waals surface area (Å²) >= 11 is 1.62. The van der Waals surface area contributed by atoms with E-state index in [9.17, 15) is 0 Å². The molecule has 0 bridgehead atoms. The molecule has 0 radical (unpaired) electrons. The summed E-state index contributed by atoms with van der Waals surface area (Å²) in [6.07, 6.45) is 1.14. The van der Waals surface area contributed by atoms with Gasteiger partial charge in [-0.05, 0) is 38.4 Å².